The lowest BCUT2D eigenvalue weighted by Gasteiger charge is -2.38. The van der Waals surface area contributed by atoms with Crippen LogP contribution in [0.25, 0.3) is 0 Å². The molecule has 2 aliphatic heterocycles. The number of anilines is 1. The van der Waals surface area contributed by atoms with Gasteiger partial charge in [-0.15, -0.1) is 24.0 Å². The average Bonchev–Trinajstić information content (AvgIpc) is 2.77. The van der Waals surface area contributed by atoms with E-state index in [0.29, 0.717) is 6.54 Å². The SMILES string of the molecule is CCNC(=NCc1ccc(N2CCOC(C)C2)nc1)NC1CC(C)(C)Oc2ccccc21.I. The number of rotatable bonds is 5. The van der Waals surface area contributed by atoms with Crippen LogP contribution in [0, 0.1) is 0 Å². The minimum Gasteiger partial charge on any atom is -0.487 e. The van der Waals surface area contributed by atoms with E-state index in [9.17, 15) is 0 Å². The molecule has 0 amide bonds. The molecule has 3 heterocycles. The van der Waals surface area contributed by atoms with E-state index < -0.39 is 0 Å². The van der Waals surface area contributed by atoms with Crippen molar-refractivity contribution in [3.63, 3.8) is 0 Å². The van der Waals surface area contributed by atoms with Crippen LogP contribution in [-0.4, -0.2) is 48.9 Å². The summed E-state index contributed by atoms with van der Waals surface area (Å²) in [7, 11) is 0. The number of hydrogen-bond acceptors (Lipinski definition) is 5. The Morgan fingerprint density at radius 2 is 2.06 bits per heavy atom. The molecule has 180 valence electrons. The quantitative estimate of drug-likeness (QED) is 0.321. The Kier molecular flexibility index (Phi) is 8.81. The van der Waals surface area contributed by atoms with Crippen LogP contribution < -0.4 is 20.3 Å². The predicted octanol–water partition coefficient (Wildman–Crippen LogP) is 4.28. The first-order valence-electron chi connectivity index (χ1n) is 11.6. The Bertz CT molecular complexity index is 935. The summed E-state index contributed by atoms with van der Waals surface area (Å²) < 4.78 is 11.8. The molecule has 4 rings (SSSR count). The van der Waals surface area contributed by atoms with E-state index in [1.165, 1.54) is 5.56 Å². The van der Waals surface area contributed by atoms with Crippen molar-refractivity contribution in [2.75, 3.05) is 31.1 Å². The van der Waals surface area contributed by atoms with Gasteiger partial charge in [0.1, 0.15) is 17.2 Å². The molecule has 2 atom stereocenters. The Balaban J connectivity index is 0.00000306. The lowest BCUT2D eigenvalue weighted by Crippen LogP contribution is -2.45. The van der Waals surface area contributed by atoms with Gasteiger partial charge in [0.2, 0.25) is 0 Å². The molecule has 1 aromatic carbocycles. The number of benzene rings is 1. The second-order valence-corrected chi connectivity index (χ2v) is 9.15. The summed E-state index contributed by atoms with van der Waals surface area (Å²) in [6.45, 7) is 12.3. The maximum atomic E-state index is 6.17. The minimum absolute atomic E-state index is 0. The van der Waals surface area contributed by atoms with Gasteiger partial charge in [0, 0.05) is 37.8 Å². The molecule has 33 heavy (non-hydrogen) atoms. The number of nitrogens with zero attached hydrogens (tertiary/aromatic N) is 3. The number of morpholine rings is 1. The van der Waals surface area contributed by atoms with Crippen molar-refractivity contribution in [3.05, 3.63) is 53.7 Å². The first kappa shape index (κ1) is 25.6. The highest BCUT2D eigenvalue weighted by atomic mass is 127. The number of aliphatic imine (C=N–C) groups is 1. The summed E-state index contributed by atoms with van der Waals surface area (Å²) in [6.07, 6.45) is 3.03. The van der Waals surface area contributed by atoms with Gasteiger partial charge >= 0.3 is 0 Å². The Labute approximate surface area is 214 Å². The van der Waals surface area contributed by atoms with Gasteiger partial charge in [0.25, 0.3) is 0 Å². The highest BCUT2D eigenvalue weighted by Crippen LogP contribution is 2.39. The van der Waals surface area contributed by atoms with E-state index in [-0.39, 0.29) is 41.7 Å². The van der Waals surface area contributed by atoms with Crippen LogP contribution in [0.15, 0.2) is 47.6 Å². The van der Waals surface area contributed by atoms with Crippen molar-refractivity contribution in [1.82, 2.24) is 15.6 Å². The standard InChI is InChI=1S/C25H35N5O2.HI/c1-5-26-24(29-21-14-25(3,4)32-22-9-7-6-8-20(21)22)28-16-19-10-11-23(27-15-19)30-12-13-31-18(2)17-30;/h6-11,15,18,21H,5,12-14,16-17H2,1-4H3,(H2,26,28,29);1H. The second-order valence-electron chi connectivity index (χ2n) is 9.15. The lowest BCUT2D eigenvalue weighted by atomic mass is 9.90. The predicted molar refractivity (Wildman–Crippen MR) is 144 cm³/mol. The fraction of sp³-hybridized carbons (Fsp3) is 0.520. The number of guanidine groups is 1. The van der Waals surface area contributed by atoms with Gasteiger partial charge in [0.15, 0.2) is 5.96 Å². The maximum absolute atomic E-state index is 6.17. The van der Waals surface area contributed by atoms with Gasteiger partial charge < -0.3 is 25.0 Å². The van der Waals surface area contributed by atoms with Crippen LogP contribution in [0.5, 0.6) is 5.75 Å². The van der Waals surface area contributed by atoms with Crippen molar-refractivity contribution >= 4 is 35.8 Å². The van der Waals surface area contributed by atoms with E-state index in [2.05, 4.69) is 72.5 Å². The average molecular weight is 566 g/mol. The van der Waals surface area contributed by atoms with Crippen molar-refractivity contribution in [1.29, 1.82) is 0 Å². The lowest BCUT2D eigenvalue weighted by molar-refractivity contribution is 0.0529. The third kappa shape index (κ3) is 6.72. The molecule has 0 radical (unpaired) electrons. The molecule has 1 saturated heterocycles. The van der Waals surface area contributed by atoms with Gasteiger partial charge in [-0.2, -0.15) is 0 Å². The van der Waals surface area contributed by atoms with Crippen molar-refractivity contribution < 1.29 is 9.47 Å². The number of para-hydroxylation sites is 1. The molecular weight excluding hydrogens is 529 g/mol. The minimum atomic E-state index is -0.236. The van der Waals surface area contributed by atoms with Crippen LogP contribution in [-0.2, 0) is 11.3 Å². The van der Waals surface area contributed by atoms with Crippen molar-refractivity contribution in [2.45, 2.75) is 58.4 Å². The van der Waals surface area contributed by atoms with Gasteiger partial charge in [-0.3, -0.25) is 0 Å². The fourth-order valence-corrected chi connectivity index (χ4v) is 4.31. The molecule has 2 unspecified atom stereocenters. The summed E-state index contributed by atoms with van der Waals surface area (Å²) in [5, 5.41) is 7.01. The number of hydrogen-bond donors (Lipinski definition) is 2. The molecule has 1 fully saturated rings. The van der Waals surface area contributed by atoms with Crippen LogP contribution in [0.4, 0.5) is 5.82 Å². The van der Waals surface area contributed by atoms with Crippen LogP contribution in [0.2, 0.25) is 0 Å². The Morgan fingerprint density at radius 3 is 2.79 bits per heavy atom. The first-order chi connectivity index (χ1) is 15.4. The van der Waals surface area contributed by atoms with Crippen LogP contribution >= 0.6 is 24.0 Å². The molecule has 1 aromatic heterocycles. The summed E-state index contributed by atoms with van der Waals surface area (Å²) >= 11 is 0. The molecule has 7 nitrogen and oxygen atoms in total. The summed E-state index contributed by atoms with van der Waals surface area (Å²) in [5.74, 6) is 2.74. The molecule has 0 spiro atoms. The zero-order valence-corrected chi connectivity index (χ0v) is 22.3. The number of pyridine rings is 1. The normalized spacial score (nSPS) is 21.9. The number of ether oxygens (including phenoxy) is 2. The highest BCUT2D eigenvalue weighted by molar-refractivity contribution is 14.0. The Hall–Kier alpha value is -2.07. The number of aromatic nitrogens is 1. The van der Waals surface area contributed by atoms with Crippen molar-refractivity contribution in [3.8, 4) is 5.75 Å². The molecular formula is C25H36IN5O2. The van der Waals surface area contributed by atoms with Crippen LogP contribution in [0.1, 0.15) is 51.3 Å². The third-order valence-corrected chi connectivity index (χ3v) is 5.83. The summed E-state index contributed by atoms with van der Waals surface area (Å²) in [4.78, 5) is 11.8. The van der Waals surface area contributed by atoms with E-state index in [1.807, 2.05) is 18.3 Å². The second kappa shape index (κ2) is 11.4. The monoisotopic (exact) mass is 565 g/mol. The number of halogens is 1. The zero-order chi connectivity index (χ0) is 22.6. The fourth-order valence-electron chi connectivity index (χ4n) is 4.31. The first-order valence-corrected chi connectivity index (χ1v) is 11.6. The number of fused-ring (bicyclic) bond motifs is 1. The molecule has 0 aliphatic carbocycles. The third-order valence-electron chi connectivity index (χ3n) is 5.83. The van der Waals surface area contributed by atoms with Crippen LogP contribution in [0.3, 0.4) is 0 Å². The topological polar surface area (TPSA) is 71.0 Å². The Morgan fingerprint density at radius 1 is 1.24 bits per heavy atom. The zero-order valence-electron chi connectivity index (χ0n) is 20.0. The molecule has 0 saturated carbocycles. The van der Waals surface area contributed by atoms with E-state index in [0.717, 1.165) is 55.8 Å². The van der Waals surface area contributed by atoms with E-state index in [4.69, 9.17) is 14.5 Å². The van der Waals surface area contributed by atoms with Gasteiger partial charge in [-0.1, -0.05) is 24.3 Å². The largest absolute Gasteiger partial charge is 0.487 e. The van der Waals surface area contributed by atoms with E-state index in [1.54, 1.807) is 0 Å². The van der Waals surface area contributed by atoms with Gasteiger partial charge in [-0.05, 0) is 45.4 Å². The molecule has 0 bridgehead atoms. The molecule has 2 N–H and O–H groups in total. The number of nitrogens with one attached hydrogen (secondary N) is 2. The summed E-state index contributed by atoms with van der Waals surface area (Å²) in [5.41, 5.74) is 2.02. The highest BCUT2D eigenvalue weighted by Gasteiger charge is 2.34. The summed E-state index contributed by atoms with van der Waals surface area (Å²) in [6, 6.07) is 12.6. The smallest absolute Gasteiger partial charge is 0.192 e. The molecule has 2 aliphatic rings. The molecule has 8 heteroatoms. The maximum Gasteiger partial charge on any atom is 0.192 e. The van der Waals surface area contributed by atoms with E-state index >= 15 is 0 Å². The molecule has 2 aromatic rings. The van der Waals surface area contributed by atoms with Gasteiger partial charge in [-0.25, -0.2) is 9.98 Å². The van der Waals surface area contributed by atoms with Crippen molar-refractivity contribution in [2.24, 2.45) is 4.99 Å². The van der Waals surface area contributed by atoms with Gasteiger partial charge in [0.05, 0.1) is 25.3 Å².